The van der Waals surface area contributed by atoms with Gasteiger partial charge in [0, 0.05) is 26.2 Å². The van der Waals surface area contributed by atoms with E-state index >= 15 is 0 Å². The van der Waals surface area contributed by atoms with Crippen LogP contribution in [0.3, 0.4) is 0 Å². The Balaban J connectivity index is 2.51. The second-order valence-corrected chi connectivity index (χ2v) is 4.08. The Bertz CT molecular complexity index is 679. The molecule has 0 unspecified atom stereocenters. The number of benzene rings is 1. The first-order valence-electron chi connectivity index (χ1n) is 5.19. The Morgan fingerprint density at radius 1 is 1.06 bits per heavy atom. The lowest BCUT2D eigenvalue weighted by molar-refractivity contribution is -0.384. The summed E-state index contributed by atoms with van der Waals surface area (Å²) in [6.45, 7) is 0. The van der Waals surface area contributed by atoms with E-state index in [0.29, 0.717) is 16.8 Å². The van der Waals surface area contributed by atoms with Gasteiger partial charge >= 0.3 is 0 Å². The van der Waals surface area contributed by atoms with Crippen molar-refractivity contribution in [3.8, 4) is 11.1 Å². The van der Waals surface area contributed by atoms with Gasteiger partial charge in [-0.1, -0.05) is 0 Å². The SMILES string of the molecule is CN(C)c1c(-c2ccc([N+](=O)[O-])cc2)c(=O)c1=O. The average Bonchev–Trinajstić information content (AvgIpc) is 2.34. The van der Waals surface area contributed by atoms with Gasteiger partial charge in [-0.05, 0) is 17.7 Å². The molecular weight excluding hydrogens is 236 g/mol. The number of non-ortho nitro benzene ring substituents is 1. The molecule has 0 aromatic heterocycles. The zero-order chi connectivity index (χ0) is 13.4. The Hall–Kier alpha value is -2.50. The van der Waals surface area contributed by atoms with Gasteiger partial charge in [0.15, 0.2) is 0 Å². The molecule has 0 aliphatic carbocycles. The summed E-state index contributed by atoms with van der Waals surface area (Å²) in [5, 5.41) is 10.5. The highest BCUT2D eigenvalue weighted by Crippen LogP contribution is 2.26. The molecule has 0 atom stereocenters. The Kier molecular flexibility index (Phi) is 2.70. The molecule has 0 aliphatic heterocycles. The second-order valence-electron chi connectivity index (χ2n) is 4.08. The Morgan fingerprint density at radius 2 is 1.61 bits per heavy atom. The lowest BCUT2D eigenvalue weighted by Gasteiger charge is -2.18. The van der Waals surface area contributed by atoms with E-state index in [0.717, 1.165) is 0 Å². The molecule has 0 amide bonds. The summed E-state index contributed by atoms with van der Waals surface area (Å²) in [4.78, 5) is 34.5. The molecule has 2 aromatic carbocycles. The molecule has 2 rings (SSSR count). The molecule has 6 heteroatoms. The summed E-state index contributed by atoms with van der Waals surface area (Å²) >= 11 is 0. The van der Waals surface area contributed by atoms with E-state index < -0.39 is 15.8 Å². The molecule has 0 saturated carbocycles. The van der Waals surface area contributed by atoms with Crippen LogP contribution in [0.4, 0.5) is 11.4 Å². The highest BCUT2D eigenvalue weighted by Gasteiger charge is 2.23. The predicted octanol–water partition coefficient (Wildman–Crippen LogP) is 0.924. The van der Waals surface area contributed by atoms with Crippen LogP contribution in [0, 0.1) is 10.1 Å². The Morgan fingerprint density at radius 3 is 2.06 bits per heavy atom. The maximum Gasteiger partial charge on any atom is 0.269 e. The van der Waals surface area contributed by atoms with Gasteiger partial charge in [-0.3, -0.25) is 19.7 Å². The predicted molar refractivity (Wildman–Crippen MR) is 67.8 cm³/mol. The van der Waals surface area contributed by atoms with Crippen LogP contribution in [0.1, 0.15) is 0 Å². The van der Waals surface area contributed by atoms with Crippen molar-refractivity contribution in [3.63, 3.8) is 0 Å². The largest absolute Gasteiger partial charge is 0.374 e. The van der Waals surface area contributed by atoms with Gasteiger partial charge in [0.1, 0.15) is 5.69 Å². The summed E-state index contributed by atoms with van der Waals surface area (Å²) < 4.78 is 0. The lowest BCUT2D eigenvalue weighted by Crippen LogP contribution is -2.39. The van der Waals surface area contributed by atoms with E-state index in [2.05, 4.69) is 0 Å². The van der Waals surface area contributed by atoms with Crippen molar-refractivity contribution in [3.05, 3.63) is 54.8 Å². The van der Waals surface area contributed by atoms with Crippen molar-refractivity contribution in [1.82, 2.24) is 0 Å². The molecule has 0 heterocycles. The third-order valence-electron chi connectivity index (χ3n) is 2.70. The van der Waals surface area contributed by atoms with Crippen molar-refractivity contribution >= 4 is 11.4 Å². The minimum atomic E-state index is -0.549. The number of anilines is 1. The zero-order valence-electron chi connectivity index (χ0n) is 9.84. The average molecular weight is 246 g/mol. The smallest absolute Gasteiger partial charge is 0.269 e. The van der Waals surface area contributed by atoms with Gasteiger partial charge in [0.2, 0.25) is 10.9 Å². The normalized spacial score (nSPS) is 10.6. The fourth-order valence-electron chi connectivity index (χ4n) is 1.82. The Labute approximate surface area is 102 Å². The maximum absolute atomic E-state index is 11.5. The maximum atomic E-state index is 11.5. The van der Waals surface area contributed by atoms with Crippen LogP contribution in [0.2, 0.25) is 0 Å². The molecule has 0 bridgehead atoms. The van der Waals surface area contributed by atoms with Crippen LogP contribution in [0.25, 0.3) is 11.1 Å². The van der Waals surface area contributed by atoms with Gasteiger partial charge in [-0.2, -0.15) is 0 Å². The van der Waals surface area contributed by atoms with Gasteiger partial charge in [-0.25, -0.2) is 0 Å². The summed E-state index contributed by atoms with van der Waals surface area (Å²) in [5.74, 6) is 0. The van der Waals surface area contributed by atoms with E-state index in [1.165, 1.54) is 24.3 Å². The third-order valence-corrected chi connectivity index (χ3v) is 2.70. The molecule has 0 saturated heterocycles. The summed E-state index contributed by atoms with van der Waals surface area (Å²) in [6, 6.07) is 5.57. The highest BCUT2D eigenvalue weighted by molar-refractivity contribution is 5.82. The fraction of sp³-hybridized carbons (Fsp3) is 0.167. The lowest BCUT2D eigenvalue weighted by atomic mass is 9.98. The van der Waals surface area contributed by atoms with Crippen molar-refractivity contribution in [1.29, 1.82) is 0 Å². The highest BCUT2D eigenvalue weighted by atomic mass is 16.6. The summed E-state index contributed by atoms with van der Waals surface area (Å²) in [7, 11) is 3.34. The standard InChI is InChI=1S/C12H10N2O4/c1-13(2)10-9(11(15)12(10)16)7-3-5-8(6-4-7)14(17)18/h3-6H,1-2H3. The van der Waals surface area contributed by atoms with Crippen molar-refractivity contribution < 1.29 is 4.92 Å². The number of hydrogen-bond donors (Lipinski definition) is 0. The van der Waals surface area contributed by atoms with Crippen LogP contribution in [-0.2, 0) is 0 Å². The molecule has 0 fully saturated rings. The van der Waals surface area contributed by atoms with Crippen LogP contribution < -0.4 is 15.8 Å². The van der Waals surface area contributed by atoms with Crippen molar-refractivity contribution in [2.45, 2.75) is 0 Å². The van der Waals surface area contributed by atoms with Crippen LogP contribution in [0.15, 0.2) is 33.9 Å². The first kappa shape index (κ1) is 12.0. The molecular formula is C12H10N2O4. The molecule has 0 spiro atoms. The summed E-state index contributed by atoms with van der Waals surface area (Å²) in [6.07, 6.45) is 0. The molecule has 0 N–H and O–H groups in total. The molecule has 18 heavy (non-hydrogen) atoms. The number of hydrogen-bond acceptors (Lipinski definition) is 5. The van der Waals surface area contributed by atoms with Crippen LogP contribution in [-0.4, -0.2) is 19.0 Å². The molecule has 6 nitrogen and oxygen atoms in total. The molecule has 92 valence electrons. The van der Waals surface area contributed by atoms with E-state index in [9.17, 15) is 19.7 Å². The van der Waals surface area contributed by atoms with Crippen molar-refractivity contribution in [2.24, 2.45) is 0 Å². The van der Waals surface area contributed by atoms with E-state index in [4.69, 9.17) is 0 Å². The first-order valence-corrected chi connectivity index (χ1v) is 5.19. The van der Waals surface area contributed by atoms with E-state index in [1.807, 2.05) is 0 Å². The van der Waals surface area contributed by atoms with Gasteiger partial charge < -0.3 is 4.90 Å². The van der Waals surface area contributed by atoms with Gasteiger partial charge in [0.25, 0.3) is 5.69 Å². The van der Waals surface area contributed by atoms with Crippen LogP contribution in [0.5, 0.6) is 0 Å². The van der Waals surface area contributed by atoms with Crippen LogP contribution >= 0.6 is 0 Å². The van der Waals surface area contributed by atoms with E-state index in [1.54, 1.807) is 19.0 Å². The minimum absolute atomic E-state index is 0.0520. The quantitative estimate of drug-likeness (QED) is 0.457. The monoisotopic (exact) mass is 246 g/mol. The van der Waals surface area contributed by atoms with E-state index in [-0.39, 0.29) is 5.69 Å². The minimum Gasteiger partial charge on any atom is -0.374 e. The zero-order valence-corrected chi connectivity index (χ0v) is 9.84. The summed E-state index contributed by atoms with van der Waals surface area (Å²) in [5.41, 5.74) is 0.0624. The molecule has 0 aliphatic rings. The van der Waals surface area contributed by atoms with Crippen molar-refractivity contribution in [2.75, 3.05) is 19.0 Å². The van der Waals surface area contributed by atoms with Gasteiger partial charge in [-0.15, -0.1) is 0 Å². The number of rotatable bonds is 3. The number of nitro benzene ring substituents is 1. The second kappa shape index (κ2) is 4.06. The topological polar surface area (TPSA) is 80.5 Å². The number of nitrogens with zero attached hydrogens (tertiary/aromatic N) is 2. The molecule has 2 aromatic rings. The fourth-order valence-corrected chi connectivity index (χ4v) is 1.82. The molecule has 0 radical (unpaired) electrons. The third kappa shape index (κ3) is 1.67. The van der Waals surface area contributed by atoms with Gasteiger partial charge in [0.05, 0.1) is 10.5 Å². The first-order chi connectivity index (χ1) is 8.43. The number of nitro groups is 1.